The van der Waals surface area contributed by atoms with Crippen LogP contribution in [0, 0.1) is 5.92 Å². The fourth-order valence-corrected chi connectivity index (χ4v) is 3.04. The number of amides is 1. The zero-order valence-corrected chi connectivity index (χ0v) is 16.8. The Bertz CT molecular complexity index is 891. The average Bonchev–Trinajstić information content (AvgIpc) is 2.66. The van der Waals surface area contributed by atoms with Gasteiger partial charge in [0.2, 0.25) is 5.91 Å². The lowest BCUT2D eigenvalue weighted by molar-refractivity contribution is -0.116. The van der Waals surface area contributed by atoms with Crippen molar-refractivity contribution in [3.63, 3.8) is 0 Å². The molecular weight excluding hydrogens is 372 g/mol. The molecule has 1 amide bonds. The third-order valence-corrected chi connectivity index (χ3v) is 4.65. The van der Waals surface area contributed by atoms with Crippen LogP contribution in [0.4, 0.5) is 11.4 Å². The monoisotopic (exact) mass is 398 g/mol. The van der Waals surface area contributed by atoms with E-state index in [1.54, 1.807) is 30.3 Å². The molecule has 2 aromatic rings. The van der Waals surface area contributed by atoms with Crippen LogP contribution in [0.2, 0.25) is 0 Å². The molecule has 154 valence electrons. The van der Waals surface area contributed by atoms with Crippen molar-refractivity contribution in [3.8, 4) is 0 Å². The zero-order chi connectivity index (χ0) is 21.6. The van der Waals surface area contributed by atoms with Gasteiger partial charge in [-0.3, -0.25) is 4.79 Å². The van der Waals surface area contributed by atoms with Crippen LogP contribution >= 0.6 is 0 Å². The summed E-state index contributed by atoms with van der Waals surface area (Å²) in [6.45, 7) is 2.04. The molecule has 3 N–H and O–H groups in total. The van der Waals surface area contributed by atoms with Crippen LogP contribution in [0.3, 0.4) is 0 Å². The van der Waals surface area contributed by atoms with Crippen LogP contribution in [-0.4, -0.2) is 42.2 Å². The van der Waals surface area contributed by atoms with Crippen molar-refractivity contribution in [1.82, 2.24) is 0 Å². The molecule has 0 aliphatic carbocycles. The second-order valence-corrected chi connectivity index (χ2v) is 7.33. The molecule has 0 fully saturated rings. The first-order valence-electron chi connectivity index (χ1n) is 9.34. The molecule has 0 aliphatic rings. The number of nitrogens with one attached hydrogen (secondary N) is 1. The Kier molecular flexibility index (Phi) is 7.36. The molecule has 2 aromatic carbocycles. The first-order valence-corrected chi connectivity index (χ1v) is 9.34. The summed E-state index contributed by atoms with van der Waals surface area (Å²) in [6.07, 6.45) is 1.70. The number of aromatic carboxylic acids is 2. The van der Waals surface area contributed by atoms with E-state index in [1.165, 1.54) is 12.1 Å². The van der Waals surface area contributed by atoms with E-state index in [2.05, 4.69) is 5.32 Å². The minimum atomic E-state index is -1.05. The van der Waals surface area contributed by atoms with Gasteiger partial charge in [0.05, 0.1) is 22.5 Å². The number of carbonyl (C=O) groups excluding carboxylic acids is 1. The number of anilines is 2. The number of benzene rings is 2. The molecular formula is C22H26N2O5. The standard InChI is InChI=1S/C22H26N2O5/c1-14(12-15-5-7-16(8-6-15)21(26)27)4-11-20(25)23-18-13-17(22(28)29)9-10-19(18)24(2)3/h5-10,13-14H,4,11-12H2,1-3H3,(H,23,25)(H,26,27)(H,28,29). The van der Waals surface area contributed by atoms with E-state index in [1.807, 2.05) is 25.9 Å². The molecule has 0 heterocycles. The van der Waals surface area contributed by atoms with E-state index in [0.29, 0.717) is 18.5 Å². The molecule has 7 nitrogen and oxygen atoms in total. The number of carbonyl (C=O) groups is 3. The number of rotatable bonds is 9. The lowest BCUT2D eigenvalue weighted by Crippen LogP contribution is -2.18. The molecule has 0 aromatic heterocycles. The highest BCUT2D eigenvalue weighted by molar-refractivity contribution is 5.97. The highest BCUT2D eigenvalue weighted by atomic mass is 16.4. The maximum absolute atomic E-state index is 12.4. The maximum atomic E-state index is 12.4. The lowest BCUT2D eigenvalue weighted by Gasteiger charge is -2.19. The van der Waals surface area contributed by atoms with Crippen LogP contribution in [0.25, 0.3) is 0 Å². The average molecular weight is 398 g/mol. The Morgan fingerprint density at radius 2 is 1.55 bits per heavy atom. The largest absolute Gasteiger partial charge is 0.478 e. The van der Waals surface area contributed by atoms with Crippen molar-refractivity contribution in [3.05, 3.63) is 59.2 Å². The normalized spacial score (nSPS) is 11.6. The quantitative estimate of drug-likeness (QED) is 0.594. The highest BCUT2D eigenvalue weighted by Crippen LogP contribution is 2.26. The maximum Gasteiger partial charge on any atom is 0.335 e. The summed E-state index contributed by atoms with van der Waals surface area (Å²) in [6, 6.07) is 11.4. The topological polar surface area (TPSA) is 107 Å². The van der Waals surface area contributed by atoms with Crippen LogP contribution in [0.15, 0.2) is 42.5 Å². The van der Waals surface area contributed by atoms with Gasteiger partial charge in [-0.05, 0) is 54.7 Å². The third kappa shape index (κ3) is 6.34. The van der Waals surface area contributed by atoms with Gasteiger partial charge in [-0.2, -0.15) is 0 Å². The lowest BCUT2D eigenvalue weighted by atomic mass is 9.96. The Morgan fingerprint density at radius 3 is 2.10 bits per heavy atom. The first-order chi connectivity index (χ1) is 13.7. The molecule has 1 atom stereocenters. The van der Waals surface area contributed by atoms with Gasteiger partial charge >= 0.3 is 11.9 Å². The summed E-state index contributed by atoms with van der Waals surface area (Å²) >= 11 is 0. The molecule has 0 bridgehead atoms. The number of carboxylic acid groups (broad SMARTS) is 2. The number of nitrogens with zero attached hydrogens (tertiary/aromatic N) is 1. The Morgan fingerprint density at radius 1 is 0.966 bits per heavy atom. The Balaban J connectivity index is 1.94. The molecule has 0 saturated heterocycles. The van der Waals surface area contributed by atoms with Gasteiger partial charge in [-0.25, -0.2) is 9.59 Å². The molecule has 2 rings (SSSR count). The van der Waals surface area contributed by atoms with Crippen LogP contribution in [-0.2, 0) is 11.2 Å². The fraction of sp³-hybridized carbons (Fsp3) is 0.318. The molecule has 1 unspecified atom stereocenters. The van der Waals surface area contributed by atoms with Crippen molar-refractivity contribution in [2.24, 2.45) is 5.92 Å². The van der Waals surface area contributed by atoms with E-state index < -0.39 is 11.9 Å². The second kappa shape index (κ2) is 9.73. The molecule has 0 saturated carbocycles. The smallest absolute Gasteiger partial charge is 0.335 e. The van der Waals surface area contributed by atoms with E-state index in [-0.39, 0.29) is 23.0 Å². The van der Waals surface area contributed by atoms with Crippen LogP contribution < -0.4 is 10.2 Å². The van der Waals surface area contributed by atoms with E-state index >= 15 is 0 Å². The summed E-state index contributed by atoms with van der Waals surface area (Å²) < 4.78 is 0. The molecule has 7 heteroatoms. The van der Waals surface area contributed by atoms with Gasteiger partial charge < -0.3 is 20.4 Å². The fourth-order valence-electron chi connectivity index (χ4n) is 3.04. The summed E-state index contributed by atoms with van der Waals surface area (Å²) in [5, 5.41) is 20.9. The van der Waals surface area contributed by atoms with Crippen LogP contribution in [0.1, 0.15) is 46.0 Å². The highest BCUT2D eigenvalue weighted by Gasteiger charge is 2.14. The minimum absolute atomic E-state index is 0.115. The first kappa shape index (κ1) is 21.9. The third-order valence-electron chi connectivity index (χ3n) is 4.65. The summed E-state index contributed by atoms with van der Waals surface area (Å²) in [5.41, 5.74) is 2.59. The van der Waals surface area contributed by atoms with Crippen molar-refractivity contribution in [2.45, 2.75) is 26.2 Å². The van der Waals surface area contributed by atoms with Gasteiger partial charge in [-0.1, -0.05) is 19.1 Å². The van der Waals surface area contributed by atoms with E-state index in [0.717, 1.165) is 17.7 Å². The molecule has 0 spiro atoms. The summed E-state index contributed by atoms with van der Waals surface area (Å²) in [5.74, 6) is -1.95. The summed E-state index contributed by atoms with van der Waals surface area (Å²) in [7, 11) is 3.65. The number of hydrogen-bond donors (Lipinski definition) is 3. The molecule has 29 heavy (non-hydrogen) atoms. The number of hydrogen-bond acceptors (Lipinski definition) is 4. The van der Waals surface area contributed by atoms with Crippen molar-refractivity contribution >= 4 is 29.2 Å². The van der Waals surface area contributed by atoms with Gasteiger partial charge in [0.25, 0.3) is 0 Å². The second-order valence-electron chi connectivity index (χ2n) is 7.33. The van der Waals surface area contributed by atoms with Gasteiger partial charge in [0.15, 0.2) is 0 Å². The van der Waals surface area contributed by atoms with Gasteiger partial charge in [-0.15, -0.1) is 0 Å². The van der Waals surface area contributed by atoms with Crippen molar-refractivity contribution in [2.75, 3.05) is 24.3 Å². The molecule has 0 radical (unpaired) electrons. The van der Waals surface area contributed by atoms with Gasteiger partial charge in [0.1, 0.15) is 0 Å². The predicted molar refractivity (Wildman–Crippen MR) is 112 cm³/mol. The number of carboxylic acids is 2. The summed E-state index contributed by atoms with van der Waals surface area (Å²) in [4.78, 5) is 36.3. The van der Waals surface area contributed by atoms with E-state index in [9.17, 15) is 19.5 Å². The Labute approximate surface area is 170 Å². The van der Waals surface area contributed by atoms with E-state index in [4.69, 9.17) is 5.11 Å². The zero-order valence-electron chi connectivity index (χ0n) is 16.8. The van der Waals surface area contributed by atoms with Gasteiger partial charge in [0, 0.05) is 20.5 Å². The molecule has 0 aliphatic heterocycles. The van der Waals surface area contributed by atoms with Crippen molar-refractivity contribution < 1.29 is 24.6 Å². The Hall–Kier alpha value is -3.35. The minimum Gasteiger partial charge on any atom is -0.478 e. The SMILES string of the molecule is CC(CCC(=O)Nc1cc(C(=O)O)ccc1N(C)C)Cc1ccc(C(=O)O)cc1. The predicted octanol–water partition coefficient (Wildman–Crippen LogP) is 3.75. The van der Waals surface area contributed by atoms with Crippen LogP contribution in [0.5, 0.6) is 0 Å². The van der Waals surface area contributed by atoms with Crippen molar-refractivity contribution in [1.29, 1.82) is 0 Å².